The van der Waals surface area contributed by atoms with Crippen LogP contribution in [0.5, 0.6) is 0 Å². The van der Waals surface area contributed by atoms with Gasteiger partial charge in [0.05, 0.1) is 6.04 Å². The third-order valence-corrected chi connectivity index (χ3v) is 3.26. The first-order valence-electron chi connectivity index (χ1n) is 5.42. The minimum atomic E-state index is -0.549. The molecule has 0 aliphatic heterocycles. The van der Waals surface area contributed by atoms with E-state index in [4.69, 9.17) is 0 Å². The molecule has 1 N–H and O–H groups in total. The van der Waals surface area contributed by atoms with Crippen LogP contribution in [-0.2, 0) is 0 Å². The first kappa shape index (κ1) is 12.2. The van der Waals surface area contributed by atoms with Crippen molar-refractivity contribution in [2.75, 3.05) is 6.54 Å². The maximum atomic E-state index is 13.7. The summed E-state index contributed by atoms with van der Waals surface area (Å²) in [4.78, 5) is 0. The highest BCUT2D eigenvalue weighted by Crippen LogP contribution is 2.26. The summed E-state index contributed by atoms with van der Waals surface area (Å²) in [6.07, 6.45) is 0. The molecule has 1 aromatic heterocycles. The lowest BCUT2D eigenvalue weighted by Gasteiger charge is -2.18. The summed E-state index contributed by atoms with van der Waals surface area (Å²) in [5.41, 5.74) is 1.48. The van der Waals surface area contributed by atoms with Crippen LogP contribution in [0.2, 0.25) is 0 Å². The van der Waals surface area contributed by atoms with Gasteiger partial charge in [0, 0.05) is 11.6 Å². The fraction of sp³-hybridized carbons (Fsp3) is 0.231. The van der Waals surface area contributed by atoms with Crippen LogP contribution in [0, 0.1) is 11.6 Å². The molecule has 1 unspecified atom stereocenters. The Balaban J connectivity index is 2.39. The Morgan fingerprint density at radius 3 is 2.71 bits per heavy atom. The van der Waals surface area contributed by atoms with Gasteiger partial charge in [0.1, 0.15) is 11.6 Å². The predicted molar refractivity (Wildman–Crippen MR) is 66.2 cm³/mol. The van der Waals surface area contributed by atoms with Crippen LogP contribution in [0.3, 0.4) is 0 Å². The molecule has 4 heteroatoms. The molecule has 0 aliphatic rings. The van der Waals surface area contributed by atoms with Gasteiger partial charge in [-0.3, -0.25) is 0 Å². The van der Waals surface area contributed by atoms with Crippen LogP contribution in [-0.4, -0.2) is 6.54 Å². The van der Waals surface area contributed by atoms with Gasteiger partial charge in [-0.2, -0.15) is 11.3 Å². The standard InChI is InChI=1S/C13H13F2NS/c1-2-16-13(9-5-6-17-8-9)11-4-3-10(14)7-12(11)15/h3-8,13,16H,2H2,1H3. The summed E-state index contributed by atoms with van der Waals surface area (Å²) in [5, 5.41) is 7.12. The Bertz CT molecular complexity index is 482. The highest BCUT2D eigenvalue weighted by atomic mass is 32.1. The Morgan fingerprint density at radius 1 is 1.29 bits per heavy atom. The van der Waals surface area contributed by atoms with Crippen molar-refractivity contribution in [1.82, 2.24) is 5.32 Å². The van der Waals surface area contributed by atoms with Crippen LogP contribution < -0.4 is 5.32 Å². The van der Waals surface area contributed by atoms with E-state index in [9.17, 15) is 8.78 Å². The monoisotopic (exact) mass is 253 g/mol. The SMILES string of the molecule is CCNC(c1ccsc1)c1ccc(F)cc1F. The molecule has 0 fully saturated rings. The fourth-order valence-electron chi connectivity index (χ4n) is 1.79. The number of hydrogen-bond donors (Lipinski definition) is 1. The summed E-state index contributed by atoms with van der Waals surface area (Å²) < 4.78 is 26.6. The van der Waals surface area contributed by atoms with Crippen molar-refractivity contribution >= 4 is 11.3 Å². The second kappa shape index (κ2) is 5.38. The molecule has 0 radical (unpaired) electrons. The molecule has 0 bridgehead atoms. The van der Waals surface area contributed by atoms with Crippen LogP contribution in [0.15, 0.2) is 35.0 Å². The largest absolute Gasteiger partial charge is 0.306 e. The maximum Gasteiger partial charge on any atom is 0.131 e. The van der Waals surface area contributed by atoms with Gasteiger partial charge in [-0.15, -0.1) is 0 Å². The smallest absolute Gasteiger partial charge is 0.131 e. The zero-order valence-corrected chi connectivity index (χ0v) is 10.2. The van der Waals surface area contributed by atoms with Crippen LogP contribution in [0.25, 0.3) is 0 Å². The van der Waals surface area contributed by atoms with E-state index in [0.717, 1.165) is 18.2 Å². The van der Waals surface area contributed by atoms with Crippen molar-refractivity contribution in [2.24, 2.45) is 0 Å². The predicted octanol–water partition coefficient (Wildman–Crippen LogP) is 3.73. The number of hydrogen-bond acceptors (Lipinski definition) is 2. The van der Waals surface area contributed by atoms with E-state index in [-0.39, 0.29) is 6.04 Å². The van der Waals surface area contributed by atoms with Gasteiger partial charge in [0.2, 0.25) is 0 Å². The van der Waals surface area contributed by atoms with Crippen LogP contribution in [0.1, 0.15) is 24.1 Å². The molecule has 1 heterocycles. The third kappa shape index (κ3) is 2.70. The second-order valence-corrected chi connectivity index (χ2v) is 4.49. The lowest BCUT2D eigenvalue weighted by molar-refractivity contribution is 0.541. The summed E-state index contributed by atoms with van der Waals surface area (Å²) in [5.74, 6) is -1.06. The van der Waals surface area contributed by atoms with E-state index in [1.807, 2.05) is 23.8 Å². The minimum absolute atomic E-state index is 0.216. The van der Waals surface area contributed by atoms with Gasteiger partial charge in [0.15, 0.2) is 0 Å². The molecule has 1 nitrogen and oxygen atoms in total. The van der Waals surface area contributed by atoms with Crippen molar-refractivity contribution < 1.29 is 8.78 Å². The van der Waals surface area contributed by atoms with Gasteiger partial charge in [-0.1, -0.05) is 13.0 Å². The molecular formula is C13H13F2NS. The van der Waals surface area contributed by atoms with Gasteiger partial charge in [-0.05, 0) is 35.0 Å². The summed E-state index contributed by atoms with van der Waals surface area (Å²) in [6.45, 7) is 2.68. The van der Waals surface area contributed by atoms with E-state index in [0.29, 0.717) is 5.56 Å². The number of halogens is 2. The molecule has 1 atom stereocenters. The number of rotatable bonds is 4. The molecule has 0 saturated heterocycles. The summed E-state index contributed by atoms with van der Waals surface area (Å²) >= 11 is 1.56. The number of thiophene rings is 1. The van der Waals surface area contributed by atoms with Crippen molar-refractivity contribution in [1.29, 1.82) is 0 Å². The van der Waals surface area contributed by atoms with Crippen LogP contribution >= 0.6 is 11.3 Å². The first-order valence-corrected chi connectivity index (χ1v) is 6.37. The van der Waals surface area contributed by atoms with Crippen LogP contribution in [0.4, 0.5) is 8.78 Å². The average molecular weight is 253 g/mol. The Hall–Kier alpha value is -1.26. The number of benzene rings is 1. The van der Waals surface area contributed by atoms with E-state index < -0.39 is 11.6 Å². The highest BCUT2D eigenvalue weighted by Gasteiger charge is 2.17. The molecule has 17 heavy (non-hydrogen) atoms. The fourth-order valence-corrected chi connectivity index (χ4v) is 2.47. The lowest BCUT2D eigenvalue weighted by atomic mass is 10.0. The molecule has 2 aromatic rings. The quantitative estimate of drug-likeness (QED) is 0.875. The minimum Gasteiger partial charge on any atom is -0.306 e. The maximum absolute atomic E-state index is 13.7. The van der Waals surface area contributed by atoms with Gasteiger partial charge >= 0.3 is 0 Å². The number of nitrogens with one attached hydrogen (secondary N) is 1. The first-order chi connectivity index (χ1) is 8.22. The van der Waals surface area contributed by atoms with E-state index in [1.165, 1.54) is 12.1 Å². The highest BCUT2D eigenvalue weighted by molar-refractivity contribution is 7.08. The molecule has 0 spiro atoms. The Morgan fingerprint density at radius 2 is 2.12 bits per heavy atom. The van der Waals surface area contributed by atoms with E-state index >= 15 is 0 Å². The van der Waals surface area contributed by atoms with Crippen molar-refractivity contribution in [3.63, 3.8) is 0 Å². The van der Waals surface area contributed by atoms with Gasteiger partial charge in [-0.25, -0.2) is 8.78 Å². The lowest BCUT2D eigenvalue weighted by Crippen LogP contribution is -2.22. The topological polar surface area (TPSA) is 12.0 Å². The van der Waals surface area contributed by atoms with Crippen molar-refractivity contribution in [3.05, 3.63) is 57.8 Å². The summed E-state index contributed by atoms with van der Waals surface area (Å²) in [6, 6.07) is 5.43. The Labute approximate surface area is 103 Å². The average Bonchev–Trinajstić information content (AvgIpc) is 2.80. The van der Waals surface area contributed by atoms with E-state index in [1.54, 1.807) is 11.3 Å². The van der Waals surface area contributed by atoms with Gasteiger partial charge in [0.25, 0.3) is 0 Å². The zero-order chi connectivity index (χ0) is 12.3. The van der Waals surface area contributed by atoms with Crippen molar-refractivity contribution in [2.45, 2.75) is 13.0 Å². The molecule has 0 saturated carbocycles. The molecule has 1 aromatic carbocycles. The second-order valence-electron chi connectivity index (χ2n) is 3.71. The third-order valence-electron chi connectivity index (χ3n) is 2.56. The molecular weight excluding hydrogens is 240 g/mol. The summed E-state index contributed by atoms with van der Waals surface area (Å²) in [7, 11) is 0. The molecule has 0 aliphatic carbocycles. The molecule has 0 amide bonds. The normalized spacial score (nSPS) is 12.6. The molecule has 2 rings (SSSR count). The van der Waals surface area contributed by atoms with Crippen molar-refractivity contribution in [3.8, 4) is 0 Å². The van der Waals surface area contributed by atoms with E-state index in [2.05, 4.69) is 5.32 Å². The Kier molecular flexibility index (Phi) is 3.86. The van der Waals surface area contributed by atoms with Gasteiger partial charge < -0.3 is 5.32 Å². The molecule has 90 valence electrons. The zero-order valence-electron chi connectivity index (χ0n) is 9.41.